The molecule has 0 fully saturated rings. The third-order valence-electron chi connectivity index (χ3n) is 2.82. The predicted molar refractivity (Wildman–Crippen MR) is 70.3 cm³/mol. The standard InChI is InChI=1S/C13H8F2N2OS/c1-6-17-12(5-19-6)8-4-16-11-3-10(15)9(14)2-7(11)13(8)18/h2-5H,1H3,(H,16,18). The Bertz CT molecular complexity index is 838. The van der Waals surface area contributed by atoms with Crippen LogP contribution >= 0.6 is 11.3 Å². The summed E-state index contributed by atoms with van der Waals surface area (Å²) in [6, 6.07) is 1.88. The summed E-state index contributed by atoms with van der Waals surface area (Å²) in [5.41, 5.74) is 0.788. The van der Waals surface area contributed by atoms with E-state index >= 15 is 0 Å². The number of nitrogens with one attached hydrogen (secondary N) is 1. The SMILES string of the molecule is Cc1nc(-c2c[nH]c3cc(F)c(F)cc3c2=O)cs1. The van der Waals surface area contributed by atoms with Gasteiger partial charge in [0, 0.05) is 23.0 Å². The van der Waals surface area contributed by atoms with E-state index in [2.05, 4.69) is 9.97 Å². The Morgan fingerprint density at radius 3 is 2.68 bits per heavy atom. The number of benzene rings is 1. The van der Waals surface area contributed by atoms with E-state index in [1.165, 1.54) is 17.5 Å². The average Bonchev–Trinajstić information content (AvgIpc) is 2.79. The van der Waals surface area contributed by atoms with Crippen molar-refractivity contribution in [2.45, 2.75) is 6.92 Å². The van der Waals surface area contributed by atoms with Gasteiger partial charge in [0.15, 0.2) is 17.1 Å². The lowest BCUT2D eigenvalue weighted by Gasteiger charge is -2.02. The van der Waals surface area contributed by atoms with Crippen molar-refractivity contribution in [2.24, 2.45) is 0 Å². The van der Waals surface area contributed by atoms with Crippen LogP contribution in [-0.4, -0.2) is 9.97 Å². The largest absolute Gasteiger partial charge is 0.360 e. The predicted octanol–water partition coefficient (Wildman–Crippen LogP) is 3.24. The molecule has 0 unspecified atom stereocenters. The minimum atomic E-state index is -1.04. The van der Waals surface area contributed by atoms with Gasteiger partial charge in [-0.15, -0.1) is 11.3 Å². The molecule has 0 atom stereocenters. The molecule has 96 valence electrons. The molecular formula is C13H8F2N2OS. The number of hydrogen-bond donors (Lipinski definition) is 1. The van der Waals surface area contributed by atoms with E-state index < -0.39 is 11.6 Å². The van der Waals surface area contributed by atoms with E-state index in [0.29, 0.717) is 11.3 Å². The fourth-order valence-corrected chi connectivity index (χ4v) is 2.50. The van der Waals surface area contributed by atoms with Gasteiger partial charge >= 0.3 is 0 Å². The quantitative estimate of drug-likeness (QED) is 0.742. The van der Waals surface area contributed by atoms with Crippen LogP contribution in [0.5, 0.6) is 0 Å². The molecule has 0 saturated carbocycles. The number of aromatic amines is 1. The molecule has 0 amide bonds. The van der Waals surface area contributed by atoms with Crippen molar-refractivity contribution < 1.29 is 8.78 Å². The van der Waals surface area contributed by atoms with Crippen molar-refractivity contribution in [3.8, 4) is 11.3 Å². The van der Waals surface area contributed by atoms with Crippen LogP contribution in [0.3, 0.4) is 0 Å². The molecule has 0 aliphatic rings. The minimum Gasteiger partial charge on any atom is -0.360 e. The minimum absolute atomic E-state index is 0.113. The van der Waals surface area contributed by atoms with Crippen LogP contribution in [0.15, 0.2) is 28.5 Å². The summed E-state index contributed by atoms with van der Waals surface area (Å²) in [6.45, 7) is 1.83. The van der Waals surface area contributed by atoms with Crippen molar-refractivity contribution in [3.05, 3.63) is 50.6 Å². The zero-order valence-corrected chi connectivity index (χ0v) is 10.6. The van der Waals surface area contributed by atoms with Crippen molar-refractivity contribution in [1.82, 2.24) is 9.97 Å². The first-order valence-corrected chi connectivity index (χ1v) is 6.37. The molecule has 0 bridgehead atoms. The molecule has 0 saturated heterocycles. The molecule has 0 radical (unpaired) electrons. The van der Waals surface area contributed by atoms with Crippen LogP contribution in [0, 0.1) is 18.6 Å². The van der Waals surface area contributed by atoms with Gasteiger partial charge in [0.1, 0.15) is 0 Å². The van der Waals surface area contributed by atoms with E-state index in [0.717, 1.165) is 17.1 Å². The number of thiazole rings is 1. The van der Waals surface area contributed by atoms with E-state index in [-0.39, 0.29) is 16.3 Å². The number of aromatic nitrogens is 2. The molecule has 19 heavy (non-hydrogen) atoms. The van der Waals surface area contributed by atoms with Gasteiger partial charge < -0.3 is 4.98 Å². The average molecular weight is 278 g/mol. The molecule has 2 heterocycles. The maximum absolute atomic E-state index is 13.2. The smallest absolute Gasteiger partial charge is 0.198 e. The fourth-order valence-electron chi connectivity index (χ4n) is 1.89. The van der Waals surface area contributed by atoms with Crippen LogP contribution in [0.1, 0.15) is 5.01 Å². The summed E-state index contributed by atoms with van der Waals surface area (Å²) in [6.07, 6.45) is 1.47. The molecule has 0 aliphatic carbocycles. The van der Waals surface area contributed by atoms with Gasteiger partial charge in [-0.05, 0) is 13.0 Å². The Morgan fingerprint density at radius 1 is 1.26 bits per heavy atom. The van der Waals surface area contributed by atoms with E-state index in [4.69, 9.17) is 0 Å². The Kier molecular flexibility index (Phi) is 2.67. The monoisotopic (exact) mass is 278 g/mol. The van der Waals surface area contributed by atoms with Crippen molar-refractivity contribution in [2.75, 3.05) is 0 Å². The molecule has 3 rings (SSSR count). The zero-order valence-electron chi connectivity index (χ0n) is 9.83. The number of pyridine rings is 1. The second-order valence-corrected chi connectivity index (χ2v) is 5.16. The maximum atomic E-state index is 13.2. The first-order valence-electron chi connectivity index (χ1n) is 5.49. The van der Waals surface area contributed by atoms with Gasteiger partial charge in [-0.25, -0.2) is 13.8 Å². The number of fused-ring (bicyclic) bond motifs is 1. The summed E-state index contributed by atoms with van der Waals surface area (Å²) in [5, 5.41) is 2.70. The molecule has 3 nitrogen and oxygen atoms in total. The third-order valence-corrected chi connectivity index (χ3v) is 3.59. The van der Waals surface area contributed by atoms with Crippen LogP contribution < -0.4 is 5.43 Å². The first-order chi connectivity index (χ1) is 9.06. The first kappa shape index (κ1) is 12.0. The third kappa shape index (κ3) is 1.94. The van der Waals surface area contributed by atoms with Gasteiger partial charge in [0.2, 0.25) is 0 Å². The Balaban J connectivity index is 2.32. The normalized spacial score (nSPS) is 11.1. The highest BCUT2D eigenvalue weighted by molar-refractivity contribution is 7.09. The Labute approximate surface area is 110 Å². The van der Waals surface area contributed by atoms with E-state index in [9.17, 15) is 13.6 Å². The lowest BCUT2D eigenvalue weighted by Crippen LogP contribution is -2.07. The number of rotatable bonds is 1. The Hall–Kier alpha value is -2.08. The second kappa shape index (κ2) is 4.24. The highest BCUT2D eigenvalue weighted by Gasteiger charge is 2.12. The second-order valence-electron chi connectivity index (χ2n) is 4.10. The van der Waals surface area contributed by atoms with Gasteiger partial charge in [0.25, 0.3) is 0 Å². The molecular weight excluding hydrogens is 270 g/mol. The maximum Gasteiger partial charge on any atom is 0.198 e. The van der Waals surface area contributed by atoms with Crippen LogP contribution in [0.25, 0.3) is 22.2 Å². The van der Waals surface area contributed by atoms with Gasteiger partial charge in [0.05, 0.1) is 21.8 Å². The van der Waals surface area contributed by atoms with Crippen molar-refractivity contribution in [3.63, 3.8) is 0 Å². The number of nitrogens with zero attached hydrogens (tertiary/aromatic N) is 1. The molecule has 2 aromatic heterocycles. The van der Waals surface area contributed by atoms with Crippen LogP contribution in [0.4, 0.5) is 8.78 Å². The van der Waals surface area contributed by atoms with Crippen molar-refractivity contribution >= 4 is 22.2 Å². The van der Waals surface area contributed by atoms with E-state index in [1.54, 1.807) is 5.38 Å². The summed E-state index contributed by atoms with van der Waals surface area (Å²) in [5.74, 6) is -2.02. The fraction of sp³-hybridized carbons (Fsp3) is 0.0769. The molecule has 3 aromatic rings. The van der Waals surface area contributed by atoms with Gasteiger partial charge in [-0.1, -0.05) is 0 Å². The number of H-pyrrole nitrogens is 1. The lowest BCUT2D eigenvalue weighted by molar-refractivity contribution is 0.510. The summed E-state index contributed by atoms with van der Waals surface area (Å²) < 4.78 is 26.3. The number of hydrogen-bond acceptors (Lipinski definition) is 3. The van der Waals surface area contributed by atoms with Crippen LogP contribution in [-0.2, 0) is 0 Å². The van der Waals surface area contributed by atoms with Gasteiger partial charge in [-0.2, -0.15) is 0 Å². The van der Waals surface area contributed by atoms with Crippen LogP contribution in [0.2, 0.25) is 0 Å². The lowest BCUT2D eigenvalue weighted by atomic mass is 10.1. The molecule has 1 aromatic carbocycles. The topological polar surface area (TPSA) is 45.8 Å². The van der Waals surface area contributed by atoms with E-state index in [1.807, 2.05) is 6.92 Å². The summed E-state index contributed by atoms with van der Waals surface area (Å²) in [7, 11) is 0. The Morgan fingerprint density at radius 2 is 2.00 bits per heavy atom. The summed E-state index contributed by atoms with van der Waals surface area (Å²) in [4.78, 5) is 19.3. The number of aryl methyl sites for hydroxylation is 1. The molecule has 1 N–H and O–H groups in total. The zero-order chi connectivity index (χ0) is 13.6. The molecule has 6 heteroatoms. The number of halogens is 2. The molecule has 0 aliphatic heterocycles. The highest BCUT2D eigenvalue weighted by Crippen LogP contribution is 2.21. The van der Waals surface area contributed by atoms with Gasteiger partial charge in [-0.3, -0.25) is 4.79 Å². The molecule has 0 spiro atoms. The highest BCUT2D eigenvalue weighted by atomic mass is 32.1. The summed E-state index contributed by atoms with van der Waals surface area (Å²) >= 11 is 1.42. The van der Waals surface area contributed by atoms with Crippen molar-refractivity contribution in [1.29, 1.82) is 0 Å².